The van der Waals surface area contributed by atoms with E-state index < -0.39 is 0 Å². The summed E-state index contributed by atoms with van der Waals surface area (Å²) in [5.74, 6) is 3.67. The number of fused-ring (bicyclic) bond motifs is 15. The summed E-state index contributed by atoms with van der Waals surface area (Å²) in [4.78, 5) is 0. The van der Waals surface area contributed by atoms with Crippen molar-refractivity contribution in [3.8, 4) is 50.9 Å². The molecule has 12 rings (SSSR count). The van der Waals surface area contributed by atoms with Gasteiger partial charge in [0.05, 0.1) is 11.0 Å². The maximum atomic E-state index is 7.35. The van der Waals surface area contributed by atoms with Gasteiger partial charge in [0.2, 0.25) is 0 Å². The normalized spacial score (nSPS) is 15.9. The van der Waals surface area contributed by atoms with Crippen LogP contribution in [0.2, 0.25) is 0 Å². The first kappa shape index (κ1) is 28.7. The van der Waals surface area contributed by atoms with Crippen LogP contribution >= 0.6 is 0 Å². The Morgan fingerprint density at radius 1 is 0.500 bits per heavy atom. The van der Waals surface area contributed by atoms with Crippen LogP contribution in [0.3, 0.4) is 0 Å². The van der Waals surface area contributed by atoms with Crippen molar-refractivity contribution in [2.75, 3.05) is 0 Å². The van der Waals surface area contributed by atoms with Gasteiger partial charge >= 0.3 is 0 Å². The Labute approximate surface area is 303 Å². The summed E-state index contributed by atoms with van der Waals surface area (Å²) in [6, 6.07) is 48.9. The Morgan fingerprint density at radius 3 is 1.98 bits per heavy atom. The van der Waals surface area contributed by atoms with Crippen LogP contribution in [0.1, 0.15) is 49.9 Å². The molecule has 3 nitrogen and oxygen atoms in total. The maximum Gasteiger partial charge on any atom is 0.260 e. The number of benzene rings is 7. The molecule has 0 radical (unpaired) electrons. The first-order valence-electron chi connectivity index (χ1n) is 18.4. The van der Waals surface area contributed by atoms with Crippen LogP contribution in [-0.2, 0) is 10.8 Å². The zero-order chi connectivity index (χ0) is 34.7. The van der Waals surface area contributed by atoms with E-state index in [1.165, 1.54) is 60.8 Å². The number of aromatic nitrogens is 1. The van der Waals surface area contributed by atoms with Crippen LogP contribution in [-0.4, -0.2) is 11.3 Å². The van der Waals surface area contributed by atoms with E-state index in [9.17, 15) is 0 Å². The van der Waals surface area contributed by atoms with Crippen LogP contribution in [0.4, 0.5) is 0 Å². The van der Waals surface area contributed by atoms with Crippen LogP contribution in [0.5, 0.6) is 23.0 Å². The van der Waals surface area contributed by atoms with Crippen LogP contribution < -0.4 is 25.9 Å². The molecule has 0 fully saturated rings. The summed E-state index contributed by atoms with van der Waals surface area (Å²) in [5, 5.41) is 2.31. The van der Waals surface area contributed by atoms with Crippen molar-refractivity contribution >= 4 is 44.9 Å². The quantitative estimate of drug-likeness (QED) is 0.163. The van der Waals surface area contributed by atoms with Crippen molar-refractivity contribution < 1.29 is 9.47 Å². The first-order chi connectivity index (χ1) is 25.3. The minimum Gasteiger partial charge on any atom is -0.458 e. The van der Waals surface area contributed by atoms with Gasteiger partial charge in [-0.2, -0.15) is 0 Å². The van der Waals surface area contributed by atoms with Gasteiger partial charge in [-0.3, -0.25) is 0 Å². The van der Waals surface area contributed by atoms with Crippen molar-refractivity contribution in [2.45, 2.75) is 38.5 Å². The molecular formula is C48H34BNO2. The molecule has 52 heavy (non-hydrogen) atoms. The van der Waals surface area contributed by atoms with Gasteiger partial charge < -0.3 is 14.0 Å². The second kappa shape index (κ2) is 9.46. The smallest absolute Gasteiger partial charge is 0.260 e. The molecule has 0 atom stereocenters. The van der Waals surface area contributed by atoms with Crippen molar-refractivity contribution in [2.24, 2.45) is 0 Å². The number of nitrogens with zero attached hydrogens (tertiary/aromatic N) is 1. The SMILES string of the molecule is CC1(C)c2ccccc2-c2cc3c(cc21)Oc1c2c(cc4c5ccccc5n(-c5ccccc5)c14)Oc1c(ccc4c1C(C)(C)c1ccccc1-4)B32. The maximum absolute atomic E-state index is 7.35. The van der Waals surface area contributed by atoms with Crippen LogP contribution in [0.25, 0.3) is 49.7 Å². The Hall–Kier alpha value is -6.00. The third-order valence-electron chi connectivity index (χ3n) is 12.7. The molecule has 2 aliphatic heterocycles. The van der Waals surface area contributed by atoms with E-state index in [0.29, 0.717) is 0 Å². The molecule has 4 heteroatoms. The Balaban J connectivity index is 1.22. The van der Waals surface area contributed by atoms with E-state index >= 15 is 0 Å². The fourth-order valence-corrected chi connectivity index (χ4v) is 10.3. The topological polar surface area (TPSA) is 23.4 Å². The highest BCUT2D eigenvalue weighted by molar-refractivity contribution is 6.98. The molecule has 0 saturated heterocycles. The predicted molar refractivity (Wildman–Crippen MR) is 214 cm³/mol. The molecule has 2 aliphatic carbocycles. The number of rotatable bonds is 1. The molecular weight excluding hydrogens is 633 g/mol. The monoisotopic (exact) mass is 667 g/mol. The minimum absolute atomic E-state index is 0.0740. The molecule has 0 bridgehead atoms. The Bertz CT molecular complexity index is 2910. The van der Waals surface area contributed by atoms with E-state index in [4.69, 9.17) is 9.47 Å². The van der Waals surface area contributed by atoms with Crippen molar-refractivity contribution in [1.82, 2.24) is 4.57 Å². The molecule has 4 aliphatic rings. The summed E-state index contributed by atoms with van der Waals surface area (Å²) < 4.78 is 17.0. The van der Waals surface area contributed by atoms with Gasteiger partial charge in [0.25, 0.3) is 6.71 Å². The Kier molecular flexibility index (Phi) is 5.21. The van der Waals surface area contributed by atoms with E-state index in [-0.39, 0.29) is 17.5 Å². The third-order valence-corrected chi connectivity index (χ3v) is 12.7. The molecule has 8 aromatic rings. The molecule has 246 valence electrons. The van der Waals surface area contributed by atoms with Crippen LogP contribution in [0.15, 0.2) is 133 Å². The third kappa shape index (κ3) is 3.34. The number of para-hydroxylation sites is 2. The van der Waals surface area contributed by atoms with Gasteiger partial charge in [0.1, 0.15) is 17.2 Å². The zero-order valence-corrected chi connectivity index (χ0v) is 29.5. The molecule has 3 heterocycles. The van der Waals surface area contributed by atoms with Gasteiger partial charge in [-0.1, -0.05) is 131 Å². The highest BCUT2D eigenvalue weighted by Crippen LogP contribution is 2.55. The molecule has 1 aromatic heterocycles. The van der Waals surface area contributed by atoms with Crippen molar-refractivity contribution in [1.29, 1.82) is 0 Å². The lowest BCUT2D eigenvalue weighted by Crippen LogP contribution is -2.58. The summed E-state index contributed by atoms with van der Waals surface area (Å²) in [6.07, 6.45) is 0. The second-order valence-electron chi connectivity index (χ2n) is 16.0. The van der Waals surface area contributed by atoms with Gasteiger partial charge in [-0.25, -0.2) is 0 Å². The average Bonchev–Trinajstić information content (AvgIpc) is 3.71. The fraction of sp³-hybridized carbons (Fsp3) is 0.125. The summed E-state index contributed by atoms with van der Waals surface area (Å²) in [7, 11) is 0. The summed E-state index contributed by atoms with van der Waals surface area (Å²) in [5.41, 5.74) is 16.9. The molecule has 0 saturated carbocycles. The number of ether oxygens (including phenoxy) is 2. The van der Waals surface area contributed by atoms with E-state index in [1.807, 2.05) is 0 Å². The fourth-order valence-electron chi connectivity index (χ4n) is 10.3. The predicted octanol–water partition coefficient (Wildman–Crippen LogP) is 10.1. The number of hydrogen-bond donors (Lipinski definition) is 0. The molecule has 7 aromatic carbocycles. The van der Waals surface area contributed by atoms with E-state index in [1.54, 1.807) is 0 Å². The van der Waals surface area contributed by atoms with E-state index in [2.05, 4.69) is 166 Å². The first-order valence-corrected chi connectivity index (χ1v) is 18.4. The van der Waals surface area contributed by atoms with Gasteiger partial charge in [0.15, 0.2) is 5.75 Å². The summed E-state index contributed by atoms with van der Waals surface area (Å²) in [6.45, 7) is 9.31. The van der Waals surface area contributed by atoms with Gasteiger partial charge in [0, 0.05) is 38.3 Å². The molecule has 0 unspecified atom stereocenters. The second-order valence-corrected chi connectivity index (χ2v) is 16.0. The lowest BCUT2D eigenvalue weighted by Gasteiger charge is -2.36. The lowest BCUT2D eigenvalue weighted by molar-refractivity contribution is 0.457. The minimum atomic E-state index is -0.222. The largest absolute Gasteiger partial charge is 0.458 e. The average molecular weight is 668 g/mol. The Morgan fingerprint density at radius 2 is 1.17 bits per heavy atom. The summed E-state index contributed by atoms with van der Waals surface area (Å²) >= 11 is 0. The molecule has 0 spiro atoms. The standard InChI is InChI=1S/C48H34BNO2/c1-47(2)34-19-11-9-17-29(34)32-24-38-40(26-36(32)47)51-46-43-41(25-33-30-18-10-13-21-39(30)50(44(33)46)27-14-6-5-7-15-27)52-45-37(49(38)43)23-22-31-28-16-8-12-20-35(28)48(3,4)42(31)45/h5-26H,1-4H3. The zero-order valence-electron chi connectivity index (χ0n) is 29.5. The highest BCUT2D eigenvalue weighted by atomic mass is 16.5. The van der Waals surface area contributed by atoms with E-state index in [0.717, 1.165) is 50.6 Å². The molecule has 0 amide bonds. The van der Waals surface area contributed by atoms with Crippen molar-refractivity contribution in [3.05, 3.63) is 156 Å². The number of hydrogen-bond acceptors (Lipinski definition) is 2. The molecule has 0 N–H and O–H groups in total. The van der Waals surface area contributed by atoms with Gasteiger partial charge in [-0.05, 0) is 80.2 Å². The van der Waals surface area contributed by atoms with Crippen LogP contribution in [0, 0.1) is 0 Å². The van der Waals surface area contributed by atoms with Gasteiger partial charge in [-0.15, -0.1) is 0 Å². The van der Waals surface area contributed by atoms with Crippen molar-refractivity contribution in [3.63, 3.8) is 0 Å². The lowest BCUT2D eigenvalue weighted by atomic mass is 9.34. The highest BCUT2D eigenvalue weighted by Gasteiger charge is 2.48.